The summed E-state index contributed by atoms with van der Waals surface area (Å²) in [7, 11) is -0.808. The van der Waals surface area contributed by atoms with Gasteiger partial charge < -0.3 is 14.8 Å². The lowest BCUT2D eigenvalue weighted by Gasteiger charge is -2.25. The van der Waals surface area contributed by atoms with Crippen LogP contribution in [0, 0.1) is 0 Å². The minimum absolute atomic E-state index is 0.242. The maximum atomic E-state index is 12.8. The van der Waals surface area contributed by atoms with E-state index in [-0.39, 0.29) is 18.3 Å². The van der Waals surface area contributed by atoms with Gasteiger partial charge in [0.2, 0.25) is 15.9 Å². The van der Waals surface area contributed by atoms with Crippen molar-refractivity contribution in [3.63, 3.8) is 0 Å². The third-order valence-corrected chi connectivity index (χ3v) is 6.72. The second-order valence-electron chi connectivity index (χ2n) is 7.83. The number of carbonyl (C=O) groups is 1. The quantitative estimate of drug-likeness (QED) is 0.673. The highest BCUT2D eigenvalue weighted by atomic mass is 32.2. The Kier molecular flexibility index (Phi) is 7.10. The molecule has 2 aromatic carbocycles. The summed E-state index contributed by atoms with van der Waals surface area (Å²) in [6.07, 6.45) is 5.62. The fraction of sp³-hybridized carbons (Fsp3) is 0.435. The molecule has 1 amide bonds. The van der Waals surface area contributed by atoms with Gasteiger partial charge in [-0.05, 0) is 61.4 Å². The van der Waals surface area contributed by atoms with Gasteiger partial charge in [0.15, 0.2) is 0 Å². The van der Waals surface area contributed by atoms with Crippen LogP contribution in [0.25, 0.3) is 0 Å². The molecule has 31 heavy (non-hydrogen) atoms. The van der Waals surface area contributed by atoms with E-state index in [9.17, 15) is 13.2 Å². The third kappa shape index (κ3) is 5.50. The topological polar surface area (TPSA) is 84.9 Å². The zero-order valence-electron chi connectivity index (χ0n) is 18.5. The van der Waals surface area contributed by atoms with Crippen molar-refractivity contribution >= 4 is 21.6 Å². The van der Waals surface area contributed by atoms with Crippen LogP contribution in [0.15, 0.2) is 36.4 Å². The number of hydrogen-bond donors (Lipinski definition) is 1. The monoisotopic (exact) mass is 446 g/mol. The molecule has 1 atom stereocenters. The smallest absolute Gasteiger partial charge is 0.241 e. The summed E-state index contributed by atoms with van der Waals surface area (Å²) < 4.78 is 36.6. The highest BCUT2D eigenvalue weighted by Gasteiger charge is 2.25. The van der Waals surface area contributed by atoms with Crippen molar-refractivity contribution in [3.8, 4) is 11.5 Å². The number of ether oxygens (including phenoxy) is 2. The van der Waals surface area contributed by atoms with Crippen LogP contribution in [0.2, 0.25) is 0 Å². The molecule has 0 spiro atoms. The van der Waals surface area contributed by atoms with Gasteiger partial charge in [0.1, 0.15) is 18.0 Å². The number of methoxy groups -OCH3 is 2. The van der Waals surface area contributed by atoms with E-state index < -0.39 is 15.9 Å². The van der Waals surface area contributed by atoms with E-state index >= 15 is 0 Å². The summed E-state index contributed by atoms with van der Waals surface area (Å²) in [4.78, 5) is 12.8. The van der Waals surface area contributed by atoms with E-state index in [1.54, 1.807) is 18.2 Å². The molecule has 1 aliphatic rings. The van der Waals surface area contributed by atoms with Crippen molar-refractivity contribution in [1.82, 2.24) is 5.32 Å². The Hall–Kier alpha value is -2.74. The molecule has 0 aromatic heterocycles. The van der Waals surface area contributed by atoms with Crippen molar-refractivity contribution in [2.45, 2.75) is 38.6 Å². The molecule has 7 nitrogen and oxygen atoms in total. The number of carbonyl (C=O) groups excluding carboxylic acids is 1. The summed E-state index contributed by atoms with van der Waals surface area (Å²) in [5.74, 6) is 0.398. The van der Waals surface area contributed by atoms with E-state index in [0.29, 0.717) is 11.5 Å². The summed E-state index contributed by atoms with van der Waals surface area (Å²) >= 11 is 0. The summed E-state index contributed by atoms with van der Waals surface area (Å²) in [5, 5.41) is 2.92. The molecule has 0 radical (unpaired) electrons. The number of benzene rings is 2. The Morgan fingerprint density at radius 2 is 1.77 bits per heavy atom. The number of fused-ring (bicyclic) bond motifs is 1. The average molecular weight is 447 g/mol. The first kappa shape index (κ1) is 22.9. The van der Waals surface area contributed by atoms with Crippen molar-refractivity contribution < 1.29 is 22.7 Å². The second kappa shape index (κ2) is 9.60. The Balaban J connectivity index is 1.79. The third-order valence-electron chi connectivity index (χ3n) is 5.59. The number of sulfonamides is 1. The van der Waals surface area contributed by atoms with Crippen LogP contribution >= 0.6 is 0 Å². The molecule has 8 heteroatoms. The average Bonchev–Trinajstić information content (AvgIpc) is 2.75. The van der Waals surface area contributed by atoms with Crippen molar-refractivity contribution in [3.05, 3.63) is 53.1 Å². The predicted molar refractivity (Wildman–Crippen MR) is 121 cm³/mol. The zero-order valence-corrected chi connectivity index (χ0v) is 19.3. The number of anilines is 1. The predicted octanol–water partition coefficient (Wildman–Crippen LogP) is 3.23. The molecule has 1 N–H and O–H groups in total. The van der Waals surface area contributed by atoms with Gasteiger partial charge in [-0.1, -0.05) is 18.2 Å². The standard InChI is InChI=1S/C23H30N2O5S/c1-16(18-10-9-17-7-5-6-8-19(17)13-18)24-23(26)15-25(31(4,27)28)21-14-20(29-2)11-12-22(21)30-3/h9-14,16H,5-8,15H2,1-4H3,(H,24,26)/t16-/m0/s1. The molecule has 0 aliphatic heterocycles. The van der Waals surface area contributed by atoms with Crippen molar-refractivity contribution in [1.29, 1.82) is 0 Å². The molecular formula is C23H30N2O5S. The molecule has 168 valence electrons. The van der Waals surface area contributed by atoms with E-state index in [1.165, 1.54) is 38.2 Å². The number of rotatable bonds is 8. The van der Waals surface area contributed by atoms with Gasteiger partial charge >= 0.3 is 0 Å². The molecule has 0 heterocycles. The molecule has 3 rings (SSSR count). The van der Waals surface area contributed by atoms with Crippen LogP contribution in [0.5, 0.6) is 11.5 Å². The molecule has 0 unspecified atom stereocenters. The number of nitrogens with one attached hydrogen (secondary N) is 1. The lowest BCUT2D eigenvalue weighted by atomic mass is 9.89. The molecule has 1 aliphatic carbocycles. The van der Waals surface area contributed by atoms with Crippen LogP contribution in [0.3, 0.4) is 0 Å². The maximum Gasteiger partial charge on any atom is 0.241 e. The Labute approximate surface area is 184 Å². The largest absolute Gasteiger partial charge is 0.497 e. The van der Waals surface area contributed by atoms with Crippen LogP contribution in [-0.4, -0.2) is 41.3 Å². The first-order valence-electron chi connectivity index (χ1n) is 10.3. The normalized spacial score (nSPS) is 14.3. The van der Waals surface area contributed by atoms with Crippen LogP contribution in [-0.2, 0) is 27.7 Å². The fourth-order valence-corrected chi connectivity index (χ4v) is 4.75. The van der Waals surface area contributed by atoms with Crippen molar-refractivity contribution in [2.75, 3.05) is 31.3 Å². The molecule has 0 bridgehead atoms. The number of amides is 1. The summed E-state index contributed by atoms with van der Waals surface area (Å²) in [5.41, 5.74) is 3.98. The van der Waals surface area contributed by atoms with Crippen LogP contribution in [0.4, 0.5) is 5.69 Å². The first-order chi connectivity index (χ1) is 14.7. The van der Waals surface area contributed by atoms with Gasteiger partial charge in [-0.15, -0.1) is 0 Å². The Morgan fingerprint density at radius 3 is 2.42 bits per heavy atom. The number of aryl methyl sites for hydroxylation is 2. The molecule has 0 saturated carbocycles. The minimum atomic E-state index is -3.75. The van der Waals surface area contributed by atoms with Gasteiger partial charge in [0.25, 0.3) is 0 Å². The molecule has 0 fully saturated rings. The summed E-state index contributed by atoms with van der Waals surface area (Å²) in [6.45, 7) is 1.54. The maximum absolute atomic E-state index is 12.8. The van der Waals surface area contributed by atoms with Gasteiger partial charge in [-0.25, -0.2) is 8.42 Å². The van der Waals surface area contributed by atoms with Crippen LogP contribution in [0.1, 0.15) is 42.5 Å². The van der Waals surface area contributed by atoms with E-state index in [0.717, 1.165) is 29.0 Å². The number of nitrogens with zero attached hydrogens (tertiary/aromatic N) is 1. The van der Waals surface area contributed by atoms with E-state index in [1.807, 2.05) is 13.0 Å². The SMILES string of the molecule is COc1ccc(OC)c(N(CC(=O)N[C@@H](C)c2ccc3c(c2)CCCC3)S(C)(=O)=O)c1. The zero-order chi connectivity index (χ0) is 22.6. The Bertz CT molecular complexity index is 1050. The molecule has 2 aromatic rings. The highest BCUT2D eigenvalue weighted by molar-refractivity contribution is 7.92. The van der Waals surface area contributed by atoms with E-state index in [4.69, 9.17) is 9.47 Å². The lowest BCUT2D eigenvalue weighted by Crippen LogP contribution is -2.41. The molecular weight excluding hydrogens is 416 g/mol. The fourth-order valence-electron chi connectivity index (χ4n) is 3.90. The van der Waals surface area contributed by atoms with E-state index in [2.05, 4.69) is 17.4 Å². The van der Waals surface area contributed by atoms with Gasteiger partial charge in [-0.3, -0.25) is 9.10 Å². The lowest BCUT2D eigenvalue weighted by molar-refractivity contribution is -0.120. The highest BCUT2D eigenvalue weighted by Crippen LogP contribution is 2.33. The van der Waals surface area contributed by atoms with Crippen molar-refractivity contribution in [2.24, 2.45) is 0 Å². The van der Waals surface area contributed by atoms with Gasteiger partial charge in [0, 0.05) is 6.07 Å². The van der Waals surface area contributed by atoms with Gasteiger partial charge in [-0.2, -0.15) is 0 Å². The molecule has 0 saturated heterocycles. The minimum Gasteiger partial charge on any atom is -0.497 e. The Morgan fingerprint density at radius 1 is 1.06 bits per heavy atom. The number of hydrogen-bond acceptors (Lipinski definition) is 5. The first-order valence-corrected chi connectivity index (χ1v) is 12.2. The van der Waals surface area contributed by atoms with Gasteiger partial charge in [0.05, 0.1) is 32.2 Å². The summed E-state index contributed by atoms with van der Waals surface area (Å²) in [6, 6.07) is 10.9. The van der Waals surface area contributed by atoms with Crippen LogP contribution < -0.4 is 19.1 Å². The second-order valence-corrected chi connectivity index (χ2v) is 9.74.